The van der Waals surface area contributed by atoms with E-state index in [9.17, 15) is 8.42 Å². The Morgan fingerprint density at radius 1 is 1.43 bits per heavy atom. The Morgan fingerprint density at radius 3 is 2.67 bits per heavy atom. The molecule has 0 aromatic carbocycles. The van der Waals surface area contributed by atoms with Crippen molar-refractivity contribution in [3.63, 3.8) is 0 Å². The van der Waals surface area contributed by atoms with Crippen LogP contribution in [0.15, 0.2) is 11.2 Å². The molecule has 0 aliphatic heterocycles. The van der Waals surface area contributed by atoms with Gasteiger partial charge in [0.15, 0.2) is 5.03 Å². The molecule has 0 bridgehead atoms. The third kappa shape index (κ3) is 3.79. The molecule has 1 heterocycles. The molecule has 0 unspecified atom stereocenters. The zero-order chi connectivity index (χ0) is 15.5. The maximum absolute atomic E-state index is 12.4. The fraction of sp³-hybridized carbons (Fsp3) is 0.786. The second kappa shape index (κ2) is 6.67. The summed E-state index contributed by atoms with van der Waals surface area (Å²) in [6.07, 6.45) is 6.78. The van der Waals surface area contributed by atoms with Crippen molar-refractivity contribution in [3.05, 3.63) is 12.0 Å². The number of nitrogens with one attached hydrogen (secondary N) is 1. The van der Waals surface area contributed by atoms with Crippen molar-refractivity contribution in [1.29, 1.82) is 0 Å². The fourth-order valence-corrected chi connectivity index (χ4v) is 4.40. The first-order valence-electron chi connectivity index (χ1n) is 7.52. The third-order valence-electron chi connectivity index (χ3n) is 4.28. The van der Waals surface area contributed by atoms with Crippen molar-refractivity contribution in [3.8, 4) is 0 Å². The van der Waals surface area contributed by atoms with E-state index >= 15 is 0 Å². The molecule has 1 aliphatic rings. The smallest absolute Gasteiger partial charge is 0.259 e. The molecule has 7 heteroatoms. The molecule has 0 atom stereocenters. The Labute approximate surface area is 132 Å². The molecule has 0 radical (unpaired) electrons. The average Bonchev–Trinajstić information content (AvgIpc) is 3.06. The Bertz CT molecular complexity index is 577. The molecular weight excluding hydrogens is 310 g/mol. The molecule has 1 N–H and O–H groups in total. The topological polar surface area (TPSA) is 64.0 Å². The van der Waals surface area contributed by atoms with Crippen molar-refractivity contribution >= 4 is 21.6 Å². The maximum atomic E-state index is 12.4. The number of alkyl halides is 1. The van der Waals surface area contributed by atoms with E-state index in [1.54, 1.807) is 6.20 Å². The van der Waals surface area contributed by atoms with E-state index in [4.69, 9.17) is 11.6 Å². The second-order valence-corrected chi connectivity index (χ2v) is 7.97. The molecular formula is C14H24ClN3O2S. The van der Waals surface area contributed by atoms with E-state index in [0.717, 1.165) is 44.5 Å². The van der Waals surface area contributed by atoms with Gasteiger partial charge in [0.25, 0.3) is 10.0 Å². The van der Waals surface area contributed by atoms with Crippen LogP contribution in [0, 0.1) is 12.3 Å². The number of rotatable bonds is 7. The molecule has 1 saturated carbocycles. The Hall–Kier alpha value is -0.590. The van der Waals surface area contributed by atoms with Gasteiger partial charge in [-0.3, -0.25) is 0 Å². The largest absolute Gasteiger partial charge is 0.334 e. The molecule has 0 saturated heterocycles. The highest BCUT2D eigenvalue weighted by molar-refractivity contribution is 7.89. The van der Waals surface area contributed by atoms with Crippen LogP contribution < -0.4 is 4.72 Å². The highest BCUT2D eigenvalue weighted by Crippen LogP contribution is 2.38. The summed E-state index contributed by atoms with van der Waals surface area (Å²) < 4.78 is 29.4. The fourth-order valence-electron chi connectivity index (χ4n) is 2.88. The molecule has 1 aromatic rings. The van der Waals surface area contributed by atoms with Gasteiger partial charge in [0.2, 0.25) is 0 Å². The van der Waals surface area contributed by atoms with E-state index in [1.807, 2.05) is 11.5 Å². The second-order valence-electron chi connectivity index (χ2n) is 5.99. The van der Waals surface area contributed by atoms with E-state index in [1.165, 1.54) is 0 Å². The van der Waals surface area contributed by atoms with Gasteiger partial charge in [-0.1, -0.05) is 19.8 Å². The number of halogens is 1. The lowest BCUT2D eigenvalue weighted by Crippen LogP contribution is -2.37. The van der Waals surface area contributed by atoms with Crippen LogP contribution >= 0.6 is 11.6 Å². The maximum Gasteiger partial charge on any atom is 0.259 e. The summed E-state index contributed by atoms with van der Waals surface area (Å²) in [5.74, 6) is 1.23. The van der Waals surface area contributed by atoms with Gasteiger partial charge in [0, 0.05) is 25.2 Å². The first kappa shape index (κ1) is 16.8. The Morgan fingerprint density at radius 2 is 2.10 bits per heavy atom. The summed E-state index contributed by atoms with van der Waals surface area (Å²) in [4.78, 5) is 4.17. The van der Waals surface area contributed by atoms with E-state index in [2.05, 4.69) is 16.6 Å². The van der Waals surface area contributed by atoms with E-state index < -0.39 is 10.0 Å². The van der Waals surface area contributed by atoms with Gasteiger partial charge >= 0.3 is 0 Å². The zero-order valence-corrected chi connectivity index (χ0v) is 14.3. The summed E-state index contributed by atoms with van der Waals surface area (Å²) >= 11 is 6.06. The zero-order valence-electron chi connectivity index (χ0n) is 12.7. The summed E-state index contributed by atoms with van der Waals surface area (Å²) in [6.45, 7) is 5.06. The lowest BCUT2D eigenvalue weighted by molar-refractivity contribution is 0.342. The third-order valence-corrected chi connectivity index (χ3v) is 6.12. The minimum Gasteiger partial charge on any atom is -0.334 e. The Kier molecular flexibility index (Phi) is 5.33. The van der Waals surface area contributed by atoms with Crippen LogP contribution in [-0.2, 0) is 16.6 Å². The first-order chi connectivity index (χ1) is 9.92. The molecule has 2 rings (SSSR count). The van der Waals surface area contributed by atoms with Crippen molar-refractivity contribution in [1.82, 2.24) is 14.3 Å². The molecule has 120 valence electrons. The summed E-state index contributed by atoms with van der Waals surface area (Å²) in [6, 6.07) is 0. The number of hydrogen-bond donors (Lipinski definition) is 1. The molecule has 0 amide bonds. The number of nitrogens with zero attached hydrogens (tertiary/aromatic N) is 2. The van der Waals surface area contributed by atoms with E-state index in [-0.39, 0.29) is 10.4 Å². The molecule has 1 aromatic heterocycles. The highest BCUT2D eigenvalue weighted by Gasteiger charge is 2.34. The van der Waals surface area contributed by atoms with Gasteiger partial charge < -0.3 is 4.57 Å². The van der Waals surface area contributed by atoms with Crippen molar-refractivity contribution in [2.45, 2.75) is 57.5 Å². The van der Waals surface area contributed by atoms with Crippen molar-refractivity contribution < 1.29 is 8.42 Å². The van der Waals surface area contributed by atoms with Crippen LogP contribution in [0.25, 0.3) is 0 Å². The van der Waals surface area contributed by atoms with Gasteiger partial charge in [0.1, 0.15) is 5.82 Å². The predicted octanol–water partition coefficient (Wildman–Crippen LogP) is 2.68. The van der Waals surface area contributed by atoms with Crippen LogP contribution in [-0.4, -0.2) is 30.4 Å². The van der Waals surface area contributed by atoms with Crippen LogP contribution in [0.3, 0.4) is 0 Å². The number of hydrogen-bond acceptors (Lipinski definition) is 3. The van der Waals surface area contributed by atoms with Crippen LogP contribution in [0.1, 0.15) is 44.9 Å². The molecule has 21 heavy (non-hydrogen) atoms. The van der Waals surface area contributed by atoms with Crippen LogP contribution in [0.2, 0.25) is 0 Å². The number of sulfonamides is 1. The number of aryl methyl sites for hydroxylation is 2. The molecule has 1 fully saturated rings. The summed E-state index contributed by atoms with van der Waals surface area (Å²) in [5.41, 5.74) is -0.0876. The van der Waals surface area contributed by atoms with Crippen molar-refractivity contribution in [2.24, 2.45) is 5.41 Å². The van der Waals surface area contributed by atoms with Crippen LogP contribution in [0.4, 0.5) is 0 Å². The normalized spacial score (nSPS) is 18.2. The lowest BCUT2D eigenvalue weighted by atomic mass is 9.89. The minimum atomic E-state index is -3.56. The lowest BCUT2D eigenvalue weighted by Gasteiger charge is -2.26. The SMILES string of the molecule is CCCn1cc(S(=O)(=O)NCC2(CCl)CCCC2)nc1C. The monoisotopic (exact) mass is 333 g/mol. The standard InChI is InChI=1S/C14H24ClN3O2S/c1-3-8-18-9-13(17-12(18)2)21(19,20)16-11-14(10-15)6-4-5-7-14/h9,16H,3-8,10-11H2,1-2H3. The number of aromatic nitrogens is 2. The van der Waals surface area contributed by atoms with Gasteiger partial charge in [-0.15, -0.1) is 11.6 Å². The minimum absolute atomic E-state index is 0.0876. The van der Waals surface area contributed by atoms with E-state index in [0.29, 0.717) is 12.4 Å². The summed E-state index contributed by atoms with van der Waals surface area (Å²) in [7, 11) is -3.56. The summed E-state index contributed by atoms with van der Waals surface area (Å²) in [5, 5.41) is 0.108. The predicted molar refractivity (Wildman–Crippen MR) is 84.1 cm³/mol. The van der Waals surface area contributed by atoms with Gasteiger partial charge in [-0.2, -0.15) is 0 Å². The number of imidazole rings is 1. The van der Waals surface area contributed by atoms with Crippen LogP contribution in [0.5, 0.6) is 0 Å². The molecule has 5 nitrogen and oxygen atoms in total. The first-order valence-corrected chi connectivity index (χ1v) is 9.54. The average molecular weight is 334 g/mol. The quantitative estimate of drug-likeness (QED) is 0.780. The Balaban J connectivity index is 2.09. The molecule has 0 spiro atoms. The van der Waals surface area contributed by atoms with Crippen molar-refractivity contribution in [2.75, 3.05) is 12.4 Å². The van der Waals surface area contributed by atoms with Gasteiger partial charge in [0.05, 0.1) is 0 Å². The highest BCUT2D eigenvalue weighted by atomic mass is 35.5. The van der Waals surface area contributed by atoms with Gasteiger partial charge in [-0.05, 0) is 31.6 Å². The molecule has 1 aliphatic carbocycles. The van der Waals surface area contributed by atoms with Gasteiger partial charge in [-0.25, -0.2) is 18.1 Å².